The van der Waals surface area contributed by atoms with Crippen LogP contribution in [0.25, 0.3) is 0 Å². The van der Waals surface area contributed by atoms with Gasteiger partial charge in [0, 0.05) is 18.8 Å². The van der Waals surface area contributed by atoms with Crippen LogP contribution >= 0.6 is 0 Å². The maximum atomic E-state index is 11.5. The Bertz CT molecular complexity index is 749. The standard InChI is InChI=1S/C20H26N2O3/c1-15-3-4-18(19(13-15)24-2)25-12-11-22-9-6-16(7-10-22)17-5-8-21-20(23)14-17/h3-5,8,13-14,16H,6-7,9-12H2,1-2H3,(H,21,23). The van der Waals surface area contributed by atoms with Gasteiger partial charge in [-0.25, -0.2) is 0 Å². The predicted molar refractivity (Wildman–Crippen MR) is 98.7 cm³/mol. The summed E-state index contributed by atoms with van der Waals surface area (Å²) < 4.78 is 11.3. The first-order valence-electron chi connectivity index (χ1n) is 8.84. The highest BCUT2D eigenvalue weighted by Gasteiger charge is 2.20. The third kappa shape index (κ3) is 4.63. The highest BCUT2D eigenvalue weighted by atomic mass is 16.5. The lowest BCUT2D eigenvalue weighted by atomic mass is 9.90. The molecule has 1 fully saturated rings. The number of nitrogens with zero attached hydrogens (tertiary/aromatic N) is 1. The highest BCUT2D eigenvalue weighted by Crippen LogP contribution is 2.29. The molecule has 1 aromatic heterocycles. The molecular weight excluding hydrogens is 316 g/mol. The summed E-state index contributed by atoms with van der Waals surface area (Å²) in [4.78, 5) is 16.6. The van der Waals surface area contributed by atoms with Crippen molar-refractivity contribution in [2.75, 3.05) is 33.4 Å². The molecule has 0 spiro atoms. The van der Waals surface area contributed by atoms with E-state index in [9.17, 15) is 4.79 Å². The quantitative estimate of drug-likeness (QED) is 0.877. The highest BCUT2D eigenvalue weighted by molar-refractivity contribution is 5.42. The molecule has 5 nitrogen and oxygen atoms in total. The first-order chi connectivity index (χ1) is 12.2. The summed E-state index contributed by atoms with van der Waals surface area (Å²) in [7, 11) is 1.67. The molecule has 1 N–H and O–H groups in total. The normalized spacial score (nSPS) is 15.9. The molecule has 0 aliphatic carbocycles. The summed E-state index contributed by atoms with van der Waals surface area (Å²) in [5.41, 5.74) is 2.30. The number of aryl methyl sites for hydroxylation is 1. The van der Waals surface area contributed by atoms with Crippen molar-refractivity contribution in [3.05, 3.63) is 58.0 Å². The monoisotopic (exact) mass is 342 g/mol. The Balaban J connectivity index is 1.46. The van der Waals surface area contributed by atoms with Crippen LogP contribution in [0.4, 0.5) is 0 Å². The Hall–Kier alpha value is -2.27. The summed E-state index contributed by atoms with van der Waals surface area (Å²) in [5.74, 6) is 2.07. The van der Waals surface area contributed by atoms with Gasteiger partial charge in [0.05, 0.1) is 7.11 Å². The molecular formula is C20H26N2O3. The maximum absolute atomic E-state index is 11.5. The van der Waals surface area contributed by atoms with Crippen LogP contribution in [0.1, 0.15) is 29.9 Å². The van der Waals surface area contributed by atoms with Crippen molar-refractivity contribution in [1.82, 2.24) is 9.88 Å². The van der Waals surface area contributed by atoms with Gasteiger partial charge in [-0.2, -0.15) is 0 Å². The molecule has 25 heavy (non-hydrogen) atoms. The van der Waals surface area contributed by atoms with E-state index in [4.69, 9.17) is 9.47 Å². The van der Waals surface area contributed by atoms with Gasteiger partial charge in [0.2, 0.25) is 5.56 Å². The lowest BCUT2D eigenvalue weighted by Gasteiger charge is -2.32. The molecule has 2 heterocycles. The van der Waals surface area contributed by atoms with E-state index in [2.05, 4.69) is 9.88 Å². The average Bonchev–Trinajstić information content (AvgIpc) is 2.63. The number of nitrogens with one attached hydrogen (secondary N) is 1. The molecule has 134 valence electrons. The van der Waals surface area contributed by atoms with Gasteiger partial charge in [0.25, 0.3) is 0 Å². The number of ether oxygens (including phenoxy) is 2. The first kappa shape index (κ1) is 17.5. The van der Waals surface area contributed by atoms with Gasteiger partial charge in [-0.1, -0.05) is 6.07 Å². The minimum atomic E-state index is -0.0135. The molecule has 0 radical (unpaired) electrons. The van der Waals surface area contributed by atoms with Crippen molar-refractivity contribution in [2.45, 2.75) is 25.7 Å². The number of hydrogen-bond donors (Lipinski definition) is 1. The molecule has 0 unspecified atom stereocenters. The zero-order valence-corrected chi connectivity index (χ0v) is 15.0. The van der Waals surface area contributed by atoms with Crippen molar-refractivity contribution in [3.63, 3.8) is 0 Å². The molecule has 0 saturated carbocycles. The van der Waals surface area contributed by atoms with Gasteiger partial charge in [0.1, 0.15) is 6.61 Å². The number of rotatable bonds is 6. The zero-order chi connectivity index (χ0) is 17.6. The van der Waals surface area contributed by atoms with E-state index in [1.165, 1.54) is 0 Å². The van der Waals surface area contributed by atoms with Crippen LogP contribution in [0, 0.1) is 6.92 Å². The lowest BCUT2D eigenvalue weighted by molar-refractivity contribution is 0.171. The number of likely N-dealkylation sites (tertiary alicyclic amines) is 1. The lowest BCUT2D eigenvalue weighted by Crippen LogP contribution is -2.36. The van der Waals surface area contributed by atoms with Gasteiger partial charge >= 0.3 is 0 Å². The topological polar surface area (TPSA) is 54.6 Å². The number of hydrogen-bond acceptors (Lipinski definition) is 4. The number of aromatic amines is 1. The van der Waals surface area contributed by atoms with Crippen molar-refractivity contribution in [3.8, 4) is 11.5 Å². The third-order valence-corrected chi connectivity index (χ3v) is 4.84. The van der Waals surface area contributed by atoms with Crippen LogP contribution in [0.15, 0.2) is 41.3 Å². The van der Waals surface area contributed by atoms with Gasteiger partial charge in [-0.15, -0.1) is 0 Å². The summed E-state index contributed by atoms with van der Waals surface area (Å²) in [6.45, 7) is 5.66. The second kappa shape index (κ2) is 8.21. The van der Waals surface area contributed by atoms with Crippen molar-refractivity contribution >= 4 is 0 Å². The first-order valence-corrected chi connectivity index (χ1v) is 8.84. The molecule has 1 aromatic carbocycles. The summed E-state index contributed by atoms with van der Waals surface area (Å²) >= 11 is 0. The number of H-pyrrole nitrogens is 1. The molecule has 1 aliphatic rings. The molecule has 1 aliphatic heterocycles. The molecule has 1 saturated heterocycles. The van der Waals surface area contributed by atoms with E-state index in [1.54, 1.807) is 19.4 Å². The van der Waals surface area contributed by atoms with Crippen LogP contribution < -0.4 is 15.0 Å². The van der Waals surface area contributed by atoms with E-state index in [0.29, 0.717) is 12.5 Å². The fraction of sp³-hybridized carbons (Fsp3) is 0.450. The van der Waals surface area contributed by atoms with Crippen LogP contribution in [0.2, 0.25) is 0 Å². The molecule has 2 aromatic rings. The molecule has 0 amide bonds. The van der Waals surface area contributed by atoms with Crippen molar-refractivity contribution < 1.29 is 9.47 Å². The second-order valence-electron chi connectivity index (χ2n) is 6.60. The average molecular weight is 342 g/mol. The Morgan fingerprint density at radius 2 is 1.96 bits per heavy atom. The Morgan fingerprint density at radius 1 is 1.16 bits per heavy atom. The van der Waals surface area contributed by atoms with Crippen molar-refractivity contribution in [2.24, 2.45) is 0 Å². The maximum Gasteiger partial charge on any atom is 0.248 e. The molecule has 5 heteroatoms. The largest absolute Gasteiger partial charge is 0.493 e. The van der Waals surface area contributed by atoms with Crippen LogP contribution in [0.3, 0.4) is 0 Å². The van der Waals surface area contributed by atoms with Gasteiger partial charge in [-0.05, 0) is 68.1 Å². The number of piperidine rings is 1. The zero-order valence-electron chi connectivity index (χ0n) is 15.0. The van der Waals surface area contributed by atoms with Gasteiger partial charge < -0.3 is 14.5 Å². The van der Waals surface area contributed by atoms with E-state index >= 15 is 0 Å². The van der Waals surface area contributed by atoms with E-state index in [-0.39, 0.29) is 5.56 Å². The number of methoxy groups -OCH3 is 1. The predicted octanol–water partition coefficient (Wildman–Crippen LogP) is 2.95. The summed E-state index contributed by atoms with van der Waals surface area (Å²) in [6, 6.07) is 9.74. The fourth-order valence-electron chi connectivity index (χ4n) is 3.38. The van der Waals surface area contributed by atoms with Gasteiger partial charge in [0.15, 0.2) is 11.5 Å². The molecule has 0 bridgehead atoms. The fourth-order valence-corrected chi connectivity index (χ4v) is 3.38. The Kier molecular flexibility index (Phi) is 5.76. The third-order valence-electron chi connectivity index (χ3n) is 4.84. The van der Waals surface area contributed by atoms with Crippen molar-refractivity contribution in [1.29, 1.82) is 0 Å². The minimum absolute atomic E-state index is 0.0135. The smallest absolute Gasteiger partial charge is 0.248 e. The summed E-state index contributed by atoms with van der Waals surface area (Å²) in [6.07, 6.45) is 3.90. The summed E-state index contributed by atoms with van der Waals surface area (Å²) in [5, 5.41) is 0. The van der Waals surface area contributed by atoms with Gasteiger partial charge in [-0.3, -0.25) is 9.69 Å². The van der Waals surface area contributed by atoms with Crippen LogP contribution in [-0.2, 0) is 0 Å². The second-order valence-corrected chi connectivity index (χ2v) is 6.60. The SMILES string of the molecule is COc1cc(C)ccc1OCCN1CCC(c2cc[nH]c(=O)c2)CC1. The van der Waals surface area contributed by atoms with Crippen LogP contribution in [-0.4, -0.2) is 43.2 Å². The number of aromatic nitrogens is 1. The Morgan fingerprint density at radius 3 is 2.68 bits per heavy atom. The number of benzene rings is 1. The van der Waals surface area contributed by atoms with Crippen LogP contribution in [0.5, 0.6) is 11.5 Å². The molecule has 3 rings (SSSR count). The number of pyridine rings is 1. The van der Waals surface area contributed by atoms with E-state index < -0.39 is 0 Å². The van der Waals surface area contributed by atoms with E-state index in [0.717, 1.165) is 55.1 Å². The van der Waals surface area contributed by atoms with E-state index in [1.807, 2.05) is 31.2 Å². The minimum Gasteiger partial charge on any atom is -0.493 e. The Labute approximate surface area is 148 Å². The molecule has 0 atom stereocenters.